The van der Waals surface area contributed by atoms with E-state index in [-0.39, 0.29) is 0 Å². The first kappa shape index (κ1) is 29.9. The second-order valence-corrected chi connectivity index (χ2v) is 10.5. The lowest BCUT2D eigenvalue weighted by Gasteiger charge is -2.11. The van der Waals surface area contributed by atoms with E-state index in [0.717, 1.165) is 25.7 Å². The van der Waals surface area contributed by atoms with Crippen LogP contribution in [-0.2, 0) is 19.4 Å². The van der Waals surface area contributed by atoms with Gasteiger partial charge in [0.15, 0.2) is 0 Å². The van der Waals surface area contributed by atoms with Gasteiger partial charge in [0.05, 0.1) is 0 Å². The van der Waals surface area contributed by atoms with Gasteiger partial charge in [0.1, 0.15) is 9.65 Å². The molecule has 0 aromatic rings. The molecule has 0 aromatic carbocycles. The fourth-order valence-electron chi connectivity index (χ4n) is 3.34. The van der Waals surface area contributed by atoms with E-state index in [1.54, 1.807) is 0 Å². The molecule has 0 aliphatic carbocycles. The number of carbonyl (C=O) groups excluding carboxylic acids is 2. The van der Waals surface area contributed by atoms with Crippen LogP contribution in [0.15, 0.2) is 0 Å². The summed E-state index contributed by atoms with van der Waals surface area (Å²) in [5.74, 6) is -1.06. The van der Waals surface area contributed by atoms with Gasteiger partial charge in [-0.15, -0.1) is 0 Å². The Morgan fingerprint density at radius 3 is 1.10 bits per heavy atom. The van der Waals surface area contributed by atoms with E-state index in [2.05, 4.69) is 45.7 Å². The maximum Gasteiger partial charge on any atom is 0.369 e. The van der Waals surface area contributed by atoms with Crippen LogP contribution in [0, 0.1) is 0 Å². The van der Waals surface area contributed by atoms with E-state index < -0.39 is 21.6 Å². The predicted octanol–water partition coefficient (Wildman–Crippen LogP) is 8.58. The largest absolute Gasteiger partial charge is 0.369 e. The normalized spacial score (nSPS) is 13.1. The van der Waals surface area contributed by atoms with Crippen molar-refractivity contribution in [1.29, 1.82) is 0 Å². The zero-order valence-electron chi connectivity index (χ0n) is 19.3. The average Bonchev–Trinajstić information content (AvgIpc) is 2.75. The highest BCUT2D eigenvalue weighted by Crippen LogP contribution is 2.18. The molecule has 0 aliphatic heterocycles. The first-order valence-electron chi connectivity index (χ1n) is 12.2. The minimum absolute atomic E-state index is 0.424. The molecule has 0 aromatic heterocycles. The average molecular weight is 556 g/mol. The molecule has 0 saturated heterocycles. The highest BCUT2D eigenvalue weighted by Gasteiger charge is 2.22. The van der Waals surface area contributed by atoms with Gasteiger partial charge in [-0.05, 0) is 12.8 Å². The Labute approximate surface area is 201 Å². The number of rotatable bonds is 20. The Kier molecular flexibility index (Phi) is 22.0. The first-order valence-corrected chi connectivity index (χ1v) is 14.1. The molecule has 2 unspecified atom stereocenters. The summed E-state index contributed by atoms with van der Waals surface area (Å²) in [4.78, 5) is 32.5. The summed E-state index contributed by atoms with van der Waals surface area (Å²) in [6.07, 6.45) is 20.9. The molecule has 0 rings (SSSR count). The lowest BCUT2D eigenvalue weighted by Crippen LogP contribution is -2.23. The van der Waals surface area contributed by atoms with E-state index in [1.807, 2.05) is 0 Å². The van der Waals surface area contributed by atoms with Crippen LogP contribution in [0.4, 0.5) is 0 Å². The van der Waals surface area contributed by atoms with Crippen molar-refractivity contribution in [2.75, 3.05) is 0 Å². The van der Waals surface area contributed by atoms with Crippen LogP contribution in [-0.4, -0.2) is 21.6 Å². The van der Waals surface area contributed by atoms with Crippen molar-refractivity contribution >= 4 is 43.8 Å². The highest BCUT2D eigenvalue weighted by molar-refractivity contribution is 9.10. The smallest absolute Gasteiger partial charge is 0.246 e. The fraction of sp³-hybridized carbons (Fsp3) is 0.917. The van der Waals surface area contributed by atoms with Gasteiger partial charge in [-0.2, -0.15) is 0 Å². The van der Waals surface area contributed by atoms with Crippen LogP contribution in [0.2, 0.25) is 0 Å². The standard InChI is InChI=1S/C24H44Br2O4/c1-3-5-7-9-11-13-15-17-19-21(25)23(27)29-30-24(28)22(26)20-18-16-14-12-10-8-6-4-2/h21-22H,3-20H2,1-2H3. The van der Waals surface area contributed by atoms with Gasteiger partial charge in [-0.1, -0.05) is 148 Å². The molecule has 0 bridgehead atoms. The van der Waals surface area contributed by atoms with Crippen LogP contribution in [0.1, 0.15) is 129 Å². The predicted molar refractivity (Wildman–Crippen MR) is 132 cm³/mol. The highest BCUT2D eigenvalue weighted by atomic mass is 79.9. The molecule has 0 aliphatic rings. The molecule has 0 saturated carbocycles. The van der Waals surface area contributed by atoms with Crippen molar-refractivity contribution in [1.82, 2.24) is 0 Å². The molecule has 0 N–H and O–H groups in total. The number of carbonyl (C=O) groups is 2. The monoisotopic (exact) mass is 554 g/mol. The zero-order chi connectivity index (χ0) is 22.5. The maximum absolute atomic E-state index is 12.0. The topological polar surface area (TPSA) is 52.6 Å². The summed E-state index contributed by atoms with van der Waals surface area (Å²) >= 11 is 6.68. The van der Waals surface area contributed by atoms with E-state index in [4.69, 9.17) is 9.78 Å². The second kappa shape index (κ2) is 22.1. The molecule has 0 amide bonds. The van der Waals surface area contributed by atoms with Crippen molar-refractivity contribution in [2.45, 2.75) is 139 Å². The number of hydrogen-bond acceptors (Lipinski definition) is 4. The Morgan fingerprint density at radius 2 is 0.800 bits per heavy atom. The molecular formula is C24H44Br2O4. The Balaban J connectivity index is 3.66. The fourth-order valence-corrected chi connectivity index (χ4v) is 4.14. The SMILES string of the molecule is CCCCCCCCCCC(Br)C(=O)OOC(=O)C(Br)CCCCCCCCCC. The zero-order valence-corrected chi connectivity index (χ0v) is 22.4. The summed E-state index contributed by atoms with van der Waals surface area (Å²) in [5, 5.41) is 0. The second-order valence-electron chi connectivity index (χ2n) is 8.27. The molecule has 0 heterocycles. The van der Waals surface area contributed by atoms with Gasteiger partial charge in [-0.25, -0.2) is 19.4 Å². The lowest BCUT2D eigenvalue weighted by molar-refractivity contribution is -0.258. The molecule has 2 atom stereocenters. The molecular weight excluding hydrogens is 512 g/mol. The summed E-state index contributed by atoms with van der Waals surface area (Å²) in [6, 6.07) is 0. The van der Waals surface area contributed by atoms with E-state index in [0.29, 0.717) is 12.8 Å². The van der Waals surface area contributed by atoms with Gasteiger partial charge in [-0.3, -0.25) is 0 Å². The van der Waals surface area contributed by atoms with Crippen LogP contribution in [0.3, 0.4) is 0 Å². The van der Waals surface area contributed by atoms with Gasteiger partial charge in [0.25, 0.3) is 0 Å². The van der Waals surface area contributed by atoms with Crippen LogP contribution >= 0.6 is 31.9 Å². The third-order valence-electron chi connectivity index (χ3n) is 5.34. The first-order chi connectivity index (χ1) is 14.5. The Bertz CT molecular complexity index is 380. The van der Waals surface area contributed by atoms with E-state index >= 15 is 0 Å². The van der Waals surface area contributed by atoms with Crippen molar-refractivity contribution in [3.05, 3.63) is 0 Å². The third-order valence-corrected chi connectivity index (χ3v) is 7.00. The van der Waals surface area contributed by atoms with Crippen molar-refractivity contribution in [2.24, 2.45) is 0 Å². The van der Waals surface area contributed by atoms with Crippen molar-refractivity contribution < 1.29 is 19.4 Å². The summed E-state index contributed by atoms with van der Waals surface area (Å²) in [7, 11) is 0. The van der Waals surface area contributed by atoms with Crippen LogP contribution in [0.25, 0.3) is 0 Å². The minimum atomic E-state index is -0.530. The molecule has 6 heteroatoms. The van der Waals surface area contributed by atoms with Crippen molar-refractivity contribution in [3.63, 3.8) is 0 Å². The molecule has 0 fully saturated rings. The van der Waals surface area contributed by atoms with E-state index in [9.17, 15) is 9.59 Å². The Morgan fingerprint density at radius 1 is 0.533 bits per heavy atom. The third kappa shape index (κ3) is 18.7. The summed E-state index contributed by atoms with van der Waals surface area (Å²) < 4.78 is 0. The molecule has 0 spiro atoms. The summed E-state index contributed by atoms with van der Waals surface area (Å²) in [5.41, 5.74) is 0. The number of hydrogen-bond donors (Lipinski definition) is 0. The van der Waals surface area contributed by atoms with Crippen molar-refractivity contribution in [3.8, 4) is 0 Å². The maximum atomic E-state index is 12.0. The lowest BCUT2D eigenvalue weighted by atomic mass is 10.1. The quantitative estimate of drug-likeness (QED) is 0.0653. The summed E-state index contributed by atoms with van der Waals surface area (Å²) in [6.45, 7) is 4.45. The molecule has 0 radical (unpaired) electrons. The number of unbranched alkanes of at least 4 members (excludes halogenated alkanes) is 14. The van der Waals surface area contributed by atoms with E-state index in [1.165, 1.54) is 77.0 Å². The van der Waals surface area contributed by atoms with Gasteiger partial charge >= 0.3 is 11.9 Å². The van der Waals surface area contributed by atoms with Gasteiger partial charge in [0, 0.05) is 0 Å². The van der Waals surface area contributed by atoms with Crippen LogP contribution < -0.4 is 0 Å². The molecule has 30 heavy (non-hydrogen) atoms. The number of alkyl halides is 2. The van der Waals surface area contributed by atoms with Gasteiger partial charge < -0.3 is 0 Å². The Hall–Kier alpha value is -0.100. The van der Waals surface area contributed by atoms with Crippen LogP contribution in [0.5, 0.6) is 0 Å². The minimum Gasteiger partial charge on any atom is -0.246 e. The number of halogens is 2. The molecule has 178 valence electrons. The van der Waals surface area contributed by atoms with Gasteiger partial charge in [0.2, 0.25) is 0 Å². The molecule has 4 nitrogen and oxygen atoms in total.